The molecular weight excluding hydrogens is 416 g/mol. The highest BCUT2D eigenvalue weighted by Crippen LogP contribution is 2.29. The number of rotatable bonds is 6. The Kier molecular flexibility index (Phi) is 6.87. The number of likely N-dealkylation sites (tertiary alicyclic amines) is 1. The minimum Gasteiger partial charge on any atom is -0.450 e. The van der Waals surface area contributed by atoms with Gasteiger partial charge in [-0.25, -0.2) is 9.59 Å². The topological polar surface area (TPSA) is 127 Å². The second-order valence-electron chi connectivity index (χ2n) is 8.27. The smallest absolute Gasteiger partial charge is 0.409 e. The Hall–Kier alpha value is -3.17. The van der Waals surface area contributed by atoms with Gasteiger partial charge in [0.1, 0.15) is 5.39 Å². The Labute approximate surface area is 184 Å². The molecule has 1 aliphatic heterocycles. The van der Waals surface area contributed by atoms with E-state index in [-0.39, 0.29) is 23.2 Å². The first-order valence-corrected chi connectivity index (χ1v) is 11.2. The molecule has 4 rings (SSSR count). The number of hydrogen-bond donors (Lipinski definition) is 1. The Morgan fingerprint density at radius 1 is 1.28 bits per heavy atom. The van der Waals surface area contributed by atoms with Crippen molar-refractivity contribution < 1.29 is 18.8 Å². The van der Waals surface area contributed by atoms with Crippen LogP contribution in [0.5, 0.6) is 6.01 Å². The van der Waals surface area contributed by atoms with Crippen molar-refractivity contribution >= 4 is 22.9 Å². The number of piperidine rings is 1. The monoisotopic (exact) mass is 444 g/mol. The van der Waals surface area contributed by atoms with Crippen molar-refractivity contribution in [3.63, 3.8) is 0 Å². The fourth-order valence-corrected chi connectivity index (χ4v) is 4.39. The molecule has 10 nitrogen and oxygen atoms in total. The highest BCUT2D eigenvalue weighted by molar-refractivity contribution is 5.86. The molecule has 0 spiro atoms. The Morgan fingerprint density at radius 2 is 2.03 bits per heavy atom. The third-order valence-corrected chi connectivity index (χ3v) is 6.10. The lowest BCUT2D eigenvalue weighted by Gasteiger charge is -2.26. The molecule has 0 bridgehead atoms. The van der Waals surface area contributed by atoms with Gasteiger partial charge in [0.2, 0.25) is 5.71 Å². The first kappa shape index (κ1) is 22.0. The molecule has 1 saturated carbocycles. The fraction of sp³-hybridized carbons (Fsp3) is 0.591. The second kappa shape index (κ2) is 9.97. The number of nitrogens with one attached hydrogen (secondary N) is 1. The van der Waals surface area contributed by atoms with Gasteiger partial charge < -0.3 is 18.9 Å². The molecule has 1 aliphatic carbocycles. The Morgan fingerprint density at radius 3 is 2.75 bits per heavy atom. The van der Waals surface area contributed by atoms with Crippen molar-refractivity contribution in [1.29, 1.82) is 0 Å². The van der Waals surface area contributed by atoms with E-state index in [2.05, 4.69) is 15.1 Å². The summed E-state index contributed by atoms with van der Waals surface area (Å²) in [5.74, 6) is 0.637. The number of carbonyl (C=O) groups is 1. The molecule has 2 aromatic heterocycles. The molecule has 0 atom stereocenters. The molecule has 10 heteroatoms. The molecule has 32 heavy (non-hydrogen) atoms. The highest BCUT2D eigenvalue weighted by atomic mass is 16.6. The van der Waals surface area contributed by atoms with Crippen LogP contribution in [-0.4, -0.2) is 46.4 Å². The van der Waals surface area contributed by atoms with E-state index in [0.717, 1.165) is 12.1 Å². The van der Waals surface area contributed by atoms with Gasteiger partial charge in [-0.05, 0) is 31.2 Å². The van der Waals surface area contributed by atoms with Crippen molar-refractivity contribution in [3.05, 3.63) is 32.4 Å². The van der Waals surface area contributed by atoms with E-state index < -0.39 is 11.2 Å². The van der Waals surface area contributed by atoms with Crippen LogP contribution in [0.25, 0.3) is 11.1 Å². The lowest BCUT2D eigenvalue weighted by molar-refractivity contribution is 0.107. The molecule has 0 radical (unpaired) electrons. The fourth-order valence-electron chi connectivity index (χ4n) is 4.39. The number of H-pyrrole nitrogens is 1. The van der Waals surface area contributed by atoms with E-state index >= 15 is 0 Å². The molecule has 1 amide bonds. The zero-order valence-corrected chi connectivity index (χ0v) is 18.2. The zero-order chi connectivity index (χ0) is 22.5. The summed E-state index contributed by atoms with van der Waals surface area (Å²) in [5, 5.41) is 4.34. The lowest BCUT2D eigenvalue weighted by atomic mass is 9.97. The quantitative estimate of drug-likeness (QED) is 0.679. The van der Waals surface area contributed by atoms with E-state index in [4.69, 9.17) is 14.0 Å². The number of oxime groups is 1. The van der Waals surface area contributed by atoms with E-state index in [9.17, 15) is 14.4 Å². The van der Waals surface area contributed by atoms with Gasteiger partial charge in [0.15, 0.2) is 0 Å². The van der Waals surface area contributed by atoms with Gasteiger partial charge in [-0.1, -0.05) is 30.8 Å². The van der Waals surface area contributed by atoms with Crippen LogP contribution in [0, 0.1) is 5.92 Å². The normalized spacial score (nSPS) is 17.0. The third kappa shape index (κ3) is 5.17. The summed E-state index contributed by atoms with van der Waals surface area (Å²) in [7, 11) is 0. The molecule has 2 aliphatic rings. The van der Waals surface area contributed by atoms with E-state index in [0.29, 0.717) is 50.4 Å². The van der Waals surface area contributed by atoms with E-state index in [1.54, 1.807) is 11.8 Å². The van der Waals surface area contributed by atoms with Crippen molar-refractivity contribution in [2.24, 2.45) is 11.1 Å². The molecule has 3 heterocycles. The zero-order valence-electron chi connectivity index (χ0n) is 18.2. The minimum atomic E-state index is -0.541. The molecule has 1 N–H and O–H groups in total. The number of aromatic nitrogens is 2. The van der Waals surface area contributed by atoms with Gasteiger partial charge in [-0.3, -0.25) is 9.78 Å². The number of nitrogens with zero attached hydrogens (tertiary/aromatic N) is 3. The Bertz CT molecular complexity index is 1110. The van der Waals surface area contributed by atoms with Crippen molar-refractivity contribution in [2.75, 3.05) is 19.7 Å². The summed E-state index contributed by atoms with van der Waals surface area (Å²) in [4.78, 5) is 50.2. The molecule has 1 saturated heterocycles. The minimum absolute atomic E-state index is 0.0463. The van der Waals surface area contributed by atoms with Gasteiger partial charge in [-0.2, -0.15) is 4.98 Å². The number of aryl methyl sites for hydroxylation is 1. The maximum atomic E-state index is 12.7. The molecule has 0 unspecified atom stereocenters. The van der Waals surface area contributed by atoms with Crippen LogP contribution >= 0.6 is 0 Å². The summed E-state index contributed by atoms with van der Waals surface area (Å²) in [6.07, 6.45) is 7.17. The molecular formula is C22H28N4O6. The Balaban J connectivity index is 1.46. The maximum absolute atomic E-state index is 12.7. The van der Waals surface area contributed by atoms with Crippen LogP contribution in [-0.2, 0) is 11.2 Å². The first-order chi connectivity index (χ1) is 15.5. The second-order valence-corrected chi connectivity index (χ2v) is 8.27. The van der Waals surface area contributed by atoms with Crippen molar-refractivity contribution in [2.45, 2.75) is 58.3 Å². The van der Waals surface area contributed by atoms with Gasteiger partial charge in [0, 0.05) is 32.0 Å². The predicted octanol–water partition coefficient (Wildman–Crippen LogP) is 2.99. The largest absolute Gasteiger partial charge is 0.450 e. The van der Waals surface area contributed by atoms with Crippen LogP contribution < -0.4 is 16.0 Å². The van der Waals surface area contributed by atoms with Gasteiger partial charge >= 0.3 is 17.7 Å². The van der Waals surface area contributed by atoms with Crippen LogP contribution in [0.3, 0.4) is 0 Å². The third-order valence-electron chi connectivity index (χ3n) is 6.10. The maximum Gasteiger partial charge on any atom is 0.409 e. The average Bonchev–Trinajstić information content (AvgIpc) is 3.30. The lowest BCUT2D eigenvalue weighted by Crippen LogP contribution is -2.39. The number of aromatic amines is 1. The van der Waals surface area contributed by atoms with Crippen LogP contribution in [0.4, 0.5) is 4.79 Å². The highest BCUT2D eigenvalue weighted by Gasteiger charge is 2.22. The van der Waals surface area contributed by atoms with E-state index in [1.165, 1.54) is 31.7 Å². The number of carbonyl (C=O) groups excluding carboxylic acids is 1. The molecule has 172 valence electrons. The SMILES string of the molecule is CCOC(=O)N1CCC(=NOc2nc3oc(=O)cc(CCC4CCCC4)c3c(=O)[nH]2)CC1. The number of ether oxygens (including phenoxy) is 1. The molecule has 0 aromatic carbocycles. The first-order valence-electron chi connectivity index (χ1n) is 11.2. The number of fused-ring (bicyclic) bond motifs is 1. The summed E-state index contributed by atoms with van der Waals surface area (Å²) in [6.45, 7) is 3.04. The molecule has 2 aromatic rings. The number of hydrogen-bond acceptors (Lipinski definition) is 8. The number of amides is 1. The summed E-state index contributed by atoms with van der Waals surface area (Å²) < 4.78 is 10.2. The van der Waals surface area contributed by atoms with Crippen LogP contribution in [0.1, 0.15) is 57.4 Å². The van der Waals surface area contributed by atoms with Crippen molar-refractivity contribution in [3.8, 4) is 6.01 Å². The molecule has 2 fully saturated rings. The van der Waals surface area contributed by atoms with Crippen LogP contribution in [0.15, 0.2) is 25.2 Å². The summed E-state index contributed by atoms with van der Waals surface area (Å²) in [6, 6.07) is 1.24. The van der Waals surface area contributed by atoms with E-state index in [1.807, 2.05) is 0 Å². The predicted molar refractivity (Wildman–Crippen MR) is 117 cm³/mol. The average molecular weight is 444 g/mol. The summed E-state index contributed by atoms with van der Waals surface area (Å²) >= 11 is 0. The van der Waals surface area contributed by atoms with Gasteiger partial charge in [-0.15, -0.1) is 0 Å². The standard InChI is InChI=1S/C22H28N4O6/c1-2-30-22(29)26-11-9-16(10-12-26)25-32-21-23-19(28)18-15(8-7-14-5-3-4-6-14)13-17(27)31-20(18)24-21/h13-14H,2-12H2,1H3,(H,23,24,28). The van der Waals surface area contributed by atoms with Crippen LogP contribution in [0.2, 0.25) is 0 Å². The van der Waals surface area contributed by atoms with Gasteiger partial charge in [0.05, 0.1) is 12.3 Å². The van der Waals surface area contributed by atoms with Crippen molar-refractivity contribution in [1.82, 2.24) is 14.9 Å². The van der Waals surface area contributed by atoms with Gasteiger partial charge in [0.25, 0.3) is 5.56 Å². The summed E-state index contributed by atoms with van der Waals surface area (Å²) in [5.41, 5.74) is 0.379.